The summed E-state index contributed by atoms with van der Waals surface area (Å²) in [5, 5.41) is 0.900. The summed E-state index contributed by atoms with van der Waals surface area (Å²) in [7, 11) is 0. The van der Waals surface area contributed by atoms with Gasteiger partial charge >= 0.3 is 0 Å². The number of rotatable bonds is 4. The third-order valence-corrected chi connectivity index (χ3v) is 5.38. The second-order valence-electron chi connectivity index (χ2n) is 5.77. The summed E-state index contributed by atoms with van der Waals surface area (Å²) in [5.74, 6) is -0.0748. The lowest BCUT2D eigenvalue weighted by atomic mass is 10.2. The van der Waals surface area contributed by atoms with Gasteiger partial charge in [-0.1, -0.05) is 0 Å². The molecule has 0 spiro atoms. The number of amides is 1. The van der Waals surface area contributed by atoms with Crippen LogP contribution in [0.2, 0.25) is 0 Å². The number of carbonyl (C=O) groups is 1. The highest BCUT2D eigenvalue weighted by atomic mass is 32.1. The molecule has 0 atom stereocenters. The van der Waals surface area contributed by atoms with E-state index >= 15 is 0 Å². The van der Waals surface area contributed by atoms with E-state index in [1.807, 2.05) is 33.8 Å². The van der Waals surface area contributed by atoms with Crippen LogP contribution in [-0.4, -0.2) is 38.4 Å². The second kappa shape index (κ2) is 6.32. The molecule has 0 saturated carbocycles. The van der Waals surface area contributed by atoms with Crippen LogP contribution in [0.5, 0.6) is 0 Å². The van der Waals surface area contributed by atoms with Crippen LogP contribution in [0.4, 0.5) is 0 Å². The van der Waals surface area contributed by atoms with Gasteiger partial charge < -0.3 is 4.90 Å². The fourth-order valence-electron chi connectivity index (χ4n) is 2.72. The third-order valence-electron chi connectivity index (χ3n) is 4.30. The van der Waals surface area contributed by atoms with Crippen molar-refractivity contribution in [2.24, 2.45) is 0 Å². The SMILES string of the molecule is CCN(CC)C(=O)Cn1cnc2c(sc3nc(C)c(C)cc32)c1=O. The monoisotopic (exact) mass is 344 g/mol. The lowest BCUT2D eigenvalue weighted by Gasteiger charge is -2.18. The molecule has 24 heavy (non-hydrogen) atoms. The van der Waals surface area contributed by atoms with E-state index in [-0.39, 0.29) is 18.0 Å². The van der Waals surface area contributed by atoms with Crippen LogP contribution in [0, 0.1) is 13.8 Å². The number of aromatic nitrogens is 3. The van der Waals surface area contributed by atoms with E-state index in [0.717, 1.165) is 21.5 Å². The number of hydrogen-bond acceptors (Lipinski definition) is 5. The number of pyridine rings is 1. The Hall–Kier alpha value is -2.28. The first-order chi connectivity index (χ1) is 11.5. The fourth-order valence-corrected chi connectivity index (χ4v) is 3.82. The topological polar surface area (TPSA) is 68.1 Å². The Balaban J connectivity index is 2.10. The van der Waals surface area contributed by atoms with Crippen molar-refractivity contribution in [1.82, 2.24) is 19.4 Å². The molecular formula is C17H20N4O2S. The van der Waals surface area contributed by atoms with Gasteiger partial charge in [-0.25, -0.2) is 9.97 Å². The molecule has 0 aliphatic heterocycles. The van der Waals surface area contributed by atoms with E-state index in [0.29, 0.717) is 23.3 Å². The smallest absolute Gasteiger partial charge is 0.271 e. The minimum absolute atomic E-state index is 0.0170. The van der Waals surface area contributed by atoms with E-state index in [2.05, 4.69) is 9.97 Å². The lowest BCUT2D eigenvalue weighted by molar-refractivity contribution is -0.131. The molecule has 3 aromatic rings. The second-order valence-corrected chi connectivity index (χ2v) is 6.77. The van der Waals surface area contributed by atoms with E-state index in [1.165, 1.54) is 22.2 Å². The Morgan fingerprint density at radius 2 is 2.00 bits per heavy atom. The molecule has 3 rings (SSSR count). The summed E-state index contributed by atoms with van der Waals surface area (Å²) >= 11 is 1.34. The van der Waals surface area contributed by atoms with Gasteiger partial charge in [0.15, 0.2) is 0 Å². The van der Waals surface area contributed by atoms with E-state index in [1.54, 1.807) is 4.90 Å². The molecule has 0 aliphatic rings. The van der Waals surface area contributed by atoms with Crippen molar-refractivity contribution < 1.29 is 4.79 Å². The van der Waals surface area contributed by atoms with Crippen LogP contribution in [-0.2, 0) is 11.3 Å². The van der Waals surface area contributed by atoms with Gasteiger partial charge in [0.05, 0.1) is 11.8 Å². The van der Waals surface area contributed by atoms with Gasteiger partial charge in [0.25, 0.3) is 5.56 Å². The van der Waals surface area contributed by atoms with Crippen molar-refractivity contribution in [1.29, 1.82) is 0 Å². The maximum Gasteiger partial charge on any atom is 0.271 e. The van der Waals surface area contributed by atoms with Gasteiger partial charge in [0.2, 0.25) is 5.91 Å². The van der Waals surface area contributed by atoms with E-state index < -0.39 is 0 Å². The predicted octanol–water partition coefficient (Wildman–Crippen LogP) is 2.49. The maximum atomic E-state index is 12.7. The van der Waals surface area contributed by atoms with Gasteiger partial charge in [-0.15, -0.1) is 11.3 Å². The van der Waals surface area contributed by atoms with Crippen LogP contribution >= 0.6 is 11.3 Å². The summed E-state index contributed by atoms with van der Waals surface area (Å²) in [5.41, 5.74) is 2.51. The molecule has 0 radical (unpaired) electrons. The van der Waals surface area contributed by atoms with Gasteiger partial charge in [0.1, 0.15) is 16.1 Å². The van der Waals surface area contributed by atoms with Crippen LogP contribution in [0.3, 0.4) is 0 Å². The Morgan fingerprint density at radius 3 is 2.67 bits per heavy atom. The molecule has 7 heteroatoms. The zero-order valence-corrected chi connectivity index (χ0v) is 15.1. The number of hydrogen-bond donors (Lipinski definition) is 0. The summed E-state index contributed by atoms with van der Waals surface area (Å²) < 4.78 is 1.94. The van der Waals surface area contributed by atoms with Crippen LogP contribution in [0.25, 0.3) is 20.4 Å². The summed E-state index contributed by atoms with van der Waals surface area (Å²) in [6, 6.07) is 2.02. The fraction of sp³-hybridized carbons (Fsp3) is 0.412. The van der Waals surface area contributed by atoms with Gasteiger partial charge in [0, 0.05) is 24.2 Å². The van der Waals surface area contributed by atoms with Crippen LogP contribution in [0.15, 0.2) is 17.2 Å². The Kier molecular flexibility index (Phi) is 4.36. The number of carbonyl (C=O) groups excluding carboxylic acids is 1. The molecule has 3 heterocycles. The summed E-state index contributed by atoms with van der Waals surface area (Å²) in [6.45, 7) is 9.07. The zero-order valence-electron chi connectivity index (χ0n) is 14.3. The van der Waals surface area contributed by atoms with Crippen molar-refractivity contribution in [3.05, 3.63) is 34.0 Å². The molecule has 1 amide bonds. The minimum atomic E-state index is -0.182. The van der Waals surface area contributed by atoms with Crippen molar-refractivity contribution in [2.45, 2.75) is 34.2 Å². The van der Waals surface area contributed by atoms with Crippen molar-refractivity contribution in [2.75, 3.05) is 13.1 Å². The van der Waals surface area contributed by atoms with Crippen LogP contribution < -0.4 is 5.56 Å². The molecule has 0 fully saturated rings. The van der Waals surface area contributed by atoms with Gasteiger partial charge in [-0.2, -0.15) is 0 Å². The highest BCUT2D eigenvalue weighted by molar-refractivity contribution is 7.25. The largest absolute Gasteiger partial charge is 0.342 e. The molecule has 0 aliphatic carbocycles. The van der Waals surface area contributed by atoms with Crippen molar-refractivity contribution in [3.63, 3.8) is 0 Å². The predicted molar refractivity (Wildman–Crippen MR) is 96.6 cm³/mol. The first-order valence-corrected chi connectivity index (χ1v) is 8.81. The number of aryl methyl sites for hydroxylation is 2. The number of fused-ring (bicyclic) bond motifs is 3. The first-order valence-electron chi connectivity index (χ1n) is 7.99. The van der Waals surface area contributed by atoms with Crippen molar-refractivity contribution >= 4 is 37.7 Å². The summed E-state index contributed by atoms with van der Waals surface area (Å²) in [6.07, 6.45) is 1.47. The Bertz CT molecular complexity index is 986. The average molecular weight is 344 g/mol. The molecule has 6 nitrogen and oxygen atoms in total. The molecule has 0 bridgehead atoms. The third kappa shape index (κ3) is 2.69. The molecule has 0 saturated heterocycles. The number of nitrogens with zero attached hydrogens (tertiary/aromatic N) is 4. The molecule has 0 N–H and O–H groups in total. The lowest BCUT2D eigenvalue weighted by Crippen LogP contribution is -2.36. The normalized spacial score (nSPS) is 11.3. The highest BCUT2D eigenvalue weighted by Crippen LogP contribution is 2.30. The molecular weight excluding hydrogens is 324 g/mol. The van der Waals surface area contributed by atoms with Crippen LogP contribution in [0.1, 0.15) is 25.1 Å². The van der Waals surface area contributed by atoms with Gasteiger partial charge in [-0.05, 0) is 39.3 Å². The molecule has 3 aromatic heterocycles. The Labute approximate surface area is 143 Å². The first kappa shape index (κ1) is 16.6. The maximum absolute atomic E-state index is 12.7. The van der Waals surface area contributed by atoms with Crippen molar-refractivity contribution in [3.8, 4) is 0 Å². The highest BCUT2D eigenvalue weighted by Gasteiger charge is 2.16. The minimum Gasteiger partial charge on any atom is -0.342 e. The molecule has 0 aromatic carbocycles. The zero-order chi connectivity index (χ0) is 17.4. The summed E-state index contributed by atoms with van der Waals surface area (Å²) in [4.78, 5) is 36.5. The van der Waals surface area contributed by atoms with Gasteiger partial charge in [-0.3, -0.25) is 14.2 Å². The number of likely N-dealkylation sites (N-methyl/N-ethyl adjacent to an activating group) is 1. The van der Waals surface area contributed by atoms with E-state index in [4.69, 9.17) is 0 Å². The standard InChI is InChI=1S/C17H20N4O2S/c1-5-20(6-2)13(22)8-21-9-18-14-12-7-10(3)11(4)19-16(12)24-15(14)17(21)23/h7,9H,5-6,8H2,1-4H3. The Morgan fingerprint density at radius 1 is 1.29 bits per heavy atom. The molecule has 126 valence electrons. The quantitative estimate of drug-likeness (QED) is 0.729. The van der Waals surface area contributed by atoms with E-state index in [9.17, 15) is 9.59 Å². The average Bonchev–Trinajstić information content (AvgIpc) is 2.90. The number of thiophene rings is 1. The molecule has 0 unspecified atom stereocenters.